The Morgan fingerprint density at radius 2 is 2.00 bits per heavy atom. The number of nitrogens with zero attached hydrogens (tertiary/aromatic N) is 5. The highest BCUT2D eigenvalue weighted by Crippen LogP contribution is 2.28. The fraction of sp³-hybridized carbons (Fsp3) is 0.158. The molecule has 0 aliphatic carbocycles. The highest BCUT2D eigenvalue weighted by molar-refractivity contribution is 5.59. The van der Waals surface area contributed by atoms with E-state index in [9.17, 15) is 9.18 Å². The van der Waals surface area contributed by atoms with Gasteiger partial charge in [0.25, 0.3) is 5.56 Å². The number of rotatable bonds is 3. The minimum absolute atomic E-state index is 0.109. The van der Waals surface area contributed by atoms with Gasteiger partial charge in [0.1, 0.15) is 11.9 Å². The van der Waals surface area contributed by atoms with Gasteiger partial charge in [-0.1, -0.05) is 12.1 Å². The van der Waals surface area contributed by atoms with Crippen LogP contribution in [0.15, 0.2) is 59.5 Å². The molecular weight excluding hydrogens is 333 g/mol. The molecule has 4 rings (SSSR count). The number of halogens is 1. The van der Waals surface area contributed by atoms with Crippen molar-refractivity contribution in [1.82, 2.24) is 14.8 Å². The Labute approximate surface area is 148 Å². The topological polar surface area (TPSA) is 74.8 Å². The normalized spacial score (nSPS) is 13.9. The molecule has 1 aliphatic heterocycles. The van der Waals surface area contributed by atoms with Crippen molar-refractivity contribution in [3.63, 3.8) is 0 Å². The molecule has 3 aromatic rings. The van der Waals surface area contributed by atoms with E-state index in [1.807, 2.05) is 11.0 Å². The van der Waals surface area contributed by atoms with Crippen LogP contribution in [0.25, 0.3) is 11.3 Å². The van der Waals surface area contributed by atoms with E-state index < -0.39 is 0 Å². The minimum Gasteiger partial charge on any atom is -0.365 e. The first-order valence-corrected chi connectivity index (χ1v) is 8.11. The van der Waals surface area contributed by atoms with Crippen molar-refractivity contribution in [2.45, 2.75) is 6.04 Å². The summed E-state index contributed by atoms with van der Waals surface area (Å²) in [6.07, 6.45) is 1.58. The van der Waals surface area contributed by atoms with Gasteiger partial charge in [-0.15, -0.1) is 0 Å². The van der Waals surface area contributed by atoms with Crippen LogP contribution in [0.1, 0.15) is 11.7 Å². The molecule has 6 nitrogen and oxygen atoms in total. The molecule has 7 heteroatoms. The Morgan fingerprint density at radius 3 is 2.77 bits per heavy atom. The van der Waals surface area contributed by atoms with Crippen molar-refractivity contribution in [2.75, 3.05) is 18.0 Å². The molecule has 128 valence electrons. The van der Waals surface area contributed by atoms with Crippen LogP contribution in [0.2, 0.25) is 0 Å². The van der Waals surface area contributed by atoms with Crippen molar-refractivity contribution >= 4 is 5.69 Å². The molecule has 0 atom stereocenters. The number of hydrogen-bond acceptors (Lipinski definition) is 5. The SMILES string of the molecule is N#Cc1ncccc1N1CC(n2nc(-c3cccc(F)c3)ccc2=O)C1. The molecule has 1 aromatic carbocycles. The molecule has 1 saturated heterocycles. The van der Waals surface area contributed by atoms with Gasteiger partial charge in [0.05, 0.1) is 17.4 Å². The summed E-state index contributed by atoms with van der Waals surface area (Å²) in [6.45, 7) is 1.11. The molecule has 0 N–H and O–H groups in total. The number of benzene rings is 1. The van der Waals surface area contributed by atoms with Crippen molar-refractivity contribution in [3.05, 3.63) is 76.6 Å². The number of nitriles is 1. The van der Waals surface area contributed by atoms with Gasteiger partial charge in [0.2, 0.25) is 0 Å². The summed E-state index contributed by atoms with van der Waals surface area (Å²) >= 11 is 0. The smallest absolute Gasteiger partial charge is 0.267 e. The van der Waals surface area contributed by atoms with Crippen molar-refractivity contribution in [3.8, 4) is 17.3 Å². The fourth-order valence-corrected chi connectivity index (χ4v) is 3.03. The lowest BCUT2D eigenvalue weighted by molar-refractivity contribution is 0.354. The van der Waals surface area contributed by atoms with E-state index in [1.165, 1.54) is 22.9 Å². The van der Waals surface area contributed by atoms with E-state index in [2.05, 4.69) is 16.2 Å². The highest BCUT2D eigenvalue weighted by atomic mass is 19.1. The Morgan fingerprint density at radius 1 is 1.15 bits per heavy atom. The first-order chi connectivity index (χ1) is 12.7. The average molecular weight is 347 g/mol. The standard InChI is InChI=1S/C19H14FN5O/c20-14-4-1-3-13(9-14)16-6-7-19(26)25(23-16)15-11-24(12-15)18-5-2-8-22-17(18)10-21/h1-9,15H,11-12H2. The second kappa shape index (κ2) is 6.41. The van der Waals surface area contributed by atoms with E-state index >= 15 is 0 Å². The highest BCUT2D eigenvalue weighted by Gasteiger charge is 2.31. The summed E-state index contributed by atoms with van der Waals surface area (Å²) in [7, 11) is 0. The molecule has 0 amide bonds. The minimum atomic E-state index is -0.350. The van der Waals surface area contributed by atoms with Crippen LogP contribution >= 0.6 is 0 Å². The predicted octanol–water partition coefficient (Wildman–Crippen LogP) is 2.38. The molecule has 1 aliphatic rings. The molecule has 3 heterocycles. The van der Waals surface area contributed by atoms with Gasteiger partial charge in [-0.05, 0) is 30.3 Å². The molecule has 1 fully saturated rings. The van der Waals surface area contributed by atoms with Crippen molar-refractivity contribution in [2.24, 2.45) is 0 Å². The van der Waals surface area contributed by atoms with Crippen molar-refractivity contribution in [1.29, 1.82) is 5.26 Å². The van der Waals surface area contributed by atoms with Crippen LogP contribution < -0.4 is 10.5 Å². The van der Waals surface area contributed by atoms with Gasteiger partial charge in [0.15, 0.2) is 5.69 Å². The Bertz CT molecular complexity index is 1070. The summed E-state index contributed by atoms with van der Waals surface area (Å²) in [4.78, 5) is 18.3. The maximum atomic E-state index is 13.4. The lowest BCUT2D eigenvalue weighted by Gasteiger charge is -2.41. The Balaban J connectivity index is 1.59. The monoisotopic (exact) mass is 347 g/mol. The number of aromatic nitrogens is 3. The lowest BCUT2D eigenvalue weighted by atomic mass is 10.1. The van der Waals surface area contributed by atoms with Crippen LogP contribution in [-0.4, -0.2) is 27.9 Å². The largest absolute Gasteiger partial charge is 0.365 e. The first-order valence-electron chi connectivity index (χ1n) is 8.11. The lowest BCUT2D eigenvalue weighted by Crippen LogP contribution is -2.51. The molecule has 0 radical (unpaired) electrons. The average Bonchev–Trinajstić information content (AvgIpc) is 2.62. The zero-order valence-electron chi connectivity index (χ0n) is 13.7. The number of pyridine rings is 1. The van der Waals surface area contributed by atoms with Crippen molar-refractivity contribution < 1.29 is 4.39 Å². The summed E-state index contributed by atoms with van der Waals surface area (Å²) < 4.78 is 14.9. The molecular formula is C19H14FN5O. The third-order valence-electron chi connectivity index (χ3n) is 4.39. The van der Waals surface area contributed by atoms with E-state index in [4.69, 9.17) is 5.26 Å². The number of anilines is 1. The second-order valence-electron chi connectivity index (χ2n) is 6.05. The van der Waals surface area contributed by atoms with Gasteiger partial charge in [0, 0.05) is 30.9 Å². The third-order valence-corrected chi connectivity index (χ3v) is 4.39. The summed E-state index contributed by atoms with van der Waals surface area (Å²) in [5.74, 6) is -0.350. The molecule has 0 unspecified atom stereocenters. The Kier molecular flexibility index (Phi) is 3.93. The summed E-state index contributed by atoms with van der Waals surface area (Å²) in [6, 6.07) is 14.7. The maximum absolute atomic E-state index is 13.4. The second-order valence-corrected chi connectivity index (χ2v) is 6.05. The van der Waals surface area contributed by atoms with E-state index in [1.54, 1.807) is 30.5 Å². The van der Waals surface area contributed by atoms with Gasteiger partial charge in [-0.25, -0.2) is 14.1 Å². The van der Waals surface area contributed by atoms with Gasteiger partial charge in [-0.2, -0.15) is 10.4 Å². The molecule has 2 aromatic heterocycles. The first kappa shape index (κ1) is 16.0. The third kappa shape index (κ3) is 2.82. The molecule has 0 saturated carbocycles. The van der Waals surface area contributed by atoms with Gasteiger partial charge < -0.3 is 4.90 Å². The van der Waals surface area contributed by atoms with E-state index in [0.717, 1.165) is 5.69 Å². The van der Waals surface area contributed by atoms with E-state index in [-0.39, 0.29) is 17.4 Å². The fourth-order valence-electron chi connectivity index (χ4n) is 3.03. The molecule has 0 bridgehead atoms. The number of hydrogen-bond donors (Lipinski definition) is 0. The van der Waals surface area contributed by atoms with Gasteiger partial charge in [-0.3, -0.25) is 4.79 Å². The summed E-state index contributed by atoms with van der Waals surface area (Å²) in [5, 5.41) is 13.6. The maximum Gasteiger partial charge on any atom is 0.267 e. The van der Waals surface area contributed by atoms with Gasteiger partial charge >= 0.3 is 0 Å². The summed E-state index contributed by atoms with van der Waals surface area (Å²) in [5.41, 5.74) is 2.07. The molecule has 26 heavy (non-hydrogen) atoms. The predicted molar refractivity (Wildman–Crippen MR) is 94.1 cm³/mol. The zero-order chi connectivity index (χ0) is 18.1. The molecule has 0 spiro atoms. The van der Waals surface area contributed by atoms with Crippen LogP contribution in [0, 0.1) is 17.1 Å². The van der Waals surface area contributed by atoms with Crippen LogP contribution in [0.5, 0.6) is 0 Å². The quantitative estimate of drug-likeness (QED) is 0.727. The Hall–Kier alpha value is -3.53. The van der Waals surface area contributed by atoms with Crippen LogP contribution in [0.3, 0.4) is 0 Å². The van der Waals surface area contributed by atoms with E-state index in [0.29, 0.717) is 30.0 Å². The van der Waals surface area contributed by atoms with Crippen LogP contribution in [-0.2, 0) is 0 Å². The van der Waals surface area contributed by atoms with Crippen LogP contribution in [0.4, 0.5) is 10.1 Å². The zero-order valence-corrected chi connectivity index (χ0v) is 13.7.